The molecule has 0 saturated heterocycles. The molecule has 0 bridgehead atoms. The van der Waals surface area contributed by atoms with E-state index in [4.69, 9.17) is 2.74 Å². The van der Waals surface area contributed by atoms with E-state index in [1.54, 1.807) is 0 Å². The summed E-state index contributed by atoms with van der Waals surface area (Å²) in [5, 5.41) is 0. The van der Waals surface area contributed by atoms with Crippen molar-refractivity contribution in [2.75, 3.05) is 0 Å². The molecule has 0 N–H and O–H groups in total. The van der Waals surface area contributed by atoms with Crippen molar-refractivity contribution in [3.05, 3.63) is 71.8 Å². The van der Waals surface area contributed by atoms with Gasteiger partial charge in [0.25, 0.3) is 0 Å². The monoisotopic (exact) mass is 170 g/mol. The SMILES string of the molecule is [2H]C([2H])(c1ccccc1)c1ccccc1. The fraction of sp³-hybridized carbons (Fsp3) is 0.0769. The third kappa shape index (κ3) is 2.19. The second-order valence-corrected chi connectivity index (χ2v) is 2.86. The van der Waals surface area contributed by atoms with E-state index < -0.39 is 6.37 Å². The molecule has 0 atom stereocenters. The fourth-order valence-corrected chi connectivity index (χ4v) is 1.21. The zero-order valence-electron chi connectivity index (χ0n) is 9.27. The summed E-state index contributed by atoms with van der Waals surface area (Å²) in [4.78, 5) is 0. The van der Waals surface area contributed by atoms with Crippen LogP contribution in [-0.2, 0) is 6.37 Å². The number of hydrogen-bond acceptors (Lipinski definition) is 0. The number of benzene rings is 2. The lowest BCUT2D eigenvalue weighted by Gasteiger charge is -2.00. The highest BCUT2D eigenvalue weighted by atomic mass is 14.0. The Morgan fingerprint density at radius 3 is 1.46 bits per heavy atom. The molecule has 0 heterocycles. The summed E-state index contributed by atoms with van der Waals surface area (Å²) in [5.41, 5.74) is 1.38. The molecule has 13 heavy (non-hydrogen) atoms. The van der Waals surface area contributed by atoms with Crippen molar-refractivity contribution in [2.45, 2.75) is 6.37 Å². The molecule has 0 aliphatic rings. The van der Waals surface area contributed by atoms with E-state index in [2.05, 4.69) is 0 Å². The van der Waals surface area contributed by atoms with Gasteiger partial charge in [-0.1, -0.05) is 60.7 Å². The van der Waals surface area contributed by atoms with Crippen LogP contribution in [0.1, 0.15) is 13.9 Å². The molecule has 0 aliphatic carbocycles. The zero-order valence-corrected chi connectivity index (χ0v) is 7.27. The molecule has 0 fully saturated rings. The molecule has 0 spiro atoms. The van der Waals surface area contributed by atoms with E-state index in [1.807, 2.05) is 60.7 Å². The molecule has 2 aromatic rings. The minimum Gasteiger partial charge on any atom is -0.0622 e. The summed E-state index contributed by atoms with van der Waals surface area (Å²) in [6, 6.07) is 18.5. The lowest BCUT2D eigenvalue weighted by molar-refractivity contribution is 1.19. The Labute approximate surface area is 81.7 Å². The number of hydrogen-bond donors (Lipinski definition) is 0. The van der Waals surface area contributed by atoms with Crippen molar-refractivity contribution in [1.29, 1.82) is 0 Å². The van der Waals surface area contributed by atoms with Crippen LogP contribution in [0.3, 0.4) is 0 Å². The molecule has 0 aliphatic heterocycles. The Morgan fingerprint density at radius 1 is 0.692 bits per heavy atom. The van der Waals surface area contributed by atoms with Gasteiger partial charge in [0.05, 0.1) is 0 Å². The van der Waals surface area contributed by atoms with Gasteiger partial charge in [0, 0.05) is 2.74 Å². The van der Waals surface area contributed by atoms with Crippen molar-refractivity contribution < 1.29 is 2.74 Å². The summed E-state index contributed by atoms with van der Waals surface area (Å²) in [6.45, 7) is 0. The third-order valence-corrected chi connectivity index (χ3v) is 1.84. The van der Waals surface area contributed by atoms with Crippen LogP contribution in [0.15, 0.2) is 60.7 Å². The van der Waals surface area contributed by atoms with E-state index in [0.29, 0.717) is 11.1 Å². The lowest BCUT2D eigenvalue weighted by Crippen LogP contribution is -1.85. The van der Waals surface area contributed by atoms with Gasteiger partial charge in [0.2, 0.25) is 0 Å². The van der Waals surface area contributed by atoms with E-state index in [-0.39, 0.29) is 0 Å². The van der Waals surface area contributed by atoms with E-state index in [1.165, 1.54) is 0 Å². The van der Waals surface area contributed by atoms with Crippen molar-refractivity contribution in [1.82, 2.24) is 0 Å². The molecule has 0 unspecified atom stereocenters. The summed E-state index contributed by atoms with van der Waals surface area (Å²) in [7, 11) is 0. The van der Waals surface area contributed by atoms with Crippen LogP contribution in [-0.4, -0.2) is 0 Å². The van der Waals surface area contributed by atoms with E-state index >= 15 is 0 Å². The van der Waals surface area contributed by atoms with Crippen LogP contribution in [0.25, 0.3) is 0 Å². The van der Waals surface area contributed by atoms with Gasteiger partial charge >= 0.3 is 0 Å². The summed E-state index contributed by atoms with van der Waals surface area (Å²) in [6.07, 6.45) is -1.41. The van der Waals surface area contributed by atoms with Crippen LogP contribution < -0.4 is 0 Å². The summed E-state index contributed by atoms with van der Waals surface area (Å²) >= 11 is 0. The average molecular weight is 170 g/mol. The van der Waals surface area contributed by atoms with Gasteiger partial charge in [-0.25, -0.2) is 0 Å². The molecule has 0 saturated carbocycles. The van der Waals surface area contributed by atoms with Crippen molar-refractivity contribution in [2.24, 2.45) is 0 Å². The first kappa shape index (κ1) is 5.98. The maximum absolute atomic E-state index is 8.07. The molecule has 2 rings (SSSR count). The highest BCUT2D eigenvalue weighted by Gasteiger charge is 1.92. The molecule has 64 valence electrons. The van der Waals surface area contributed by atoms with Gasteiger partial charge in [0.15, 0.2) is 0 Å². The van der Waals surface area contributed by atoms with Gasteiger partial charge in [-0.3, -0.25) is 0 Å². The quantitative estimate of drug-likeness (QED) is 0.649. The summed E-state index contributed by atoms with van der Waals surface area (Å²) < 4.78 is 16.1. The predicted molar refractivity (Wildman–Crippen MR) is 55.7 cm³/mol. The Bertz CT molecular complexity index is 379. The van der Waals surface area contributed by atoms with Gasteiger partial charge in [0.1, 0.15) is 0 Å². The van der Waals surface area contributed by atoms with Gasteiger partial charge < -0.3 is 0 Å². The van der Waals surface area contributed by atoms with E-state index in [9.17, 15) is 0 Å². The Morgan fingerprint density at radius 2 is 1.08 bits per heavy atom. The maximum atomic E-state index is 8.07. The van der Waals surface area contributed by atoms with Crippen molar-refractivity contribution in [3.63, 3.8) is 0 Å². The molecule has 0 heteroatoms. The van der Waals surface area contributed by atoms with Crippen LogP contribution in [0.5, 0.6) is 0 Å². The van der Waals surface area contributed by atoms with Crippen LogP contribution >= 0.6 is 0 Å². The predicted octanol–water partition coefficient (Wildman–Crippen LogP) is 3.28. The molecular formula is C13H12. The van der Waals surface area contributed by atoms with Crippen molar-refractivity contribution in [3.8, 4) is 0 Å². The standard InChI is InChI=1S/C13H12/c1-3-7-12(8-4-1)11-13-9-5-2-6-10-13/h1-10H,11H2/i11D2. The van der Waals surface area contributed by atoms with Crippen LogP contribution in [0.2, 0.25) is 0 Å². The third-order valence-electron chi connectivity index (χ3n) is 1.84. The van der Waals surface area contributed by atoms with Crippen LogP contribution in [0, 0.1) is 0 Å². The molecule has 2 aromatic carbocycles. The Kier molecular flexibility index (Phi) is 1.80. The summed E-state index contributed by atoms with van der Waals surface area (Å²) in [5.74, 6) is 0. The van der Waals surface area contributed by atoms with Crippen molar-refractivity contribution >= 4 is 0 Å². The lowest BCUT2D eigenvalue weighted by atomic mass is 10.1. The fourth-order valence-electron chi connectivity index (χ4n) is 1.21. The maximum Gasteiger partial charge on any atom is 0.0366 e. The first-order valence-corrected chi connectivity index (χ1v) is 4.32. The smallest absolute Gasteiger partial charge is 0.0366 e. The number of rotatable bonds is 2. The first-order chi connectivity index (χ1) is 7.21. The molecule has 0 nitrogen and oxygen atoms in total. The molecule has 0 aromatic heterocycles. The first-order valence-electron chi connectivity index (χ1n) is 5.32. The molecule has 0 amide bonds. The van der Waals surface area contributed by atoms with Gasteiger partial charge in [-0.2, -0.15) is 0 Å². The normalized spacial score (nSPS) is 13.2. The average Bonchev–Trinajstić information content (AvgIpc) is 2.31. The Balaban J connectivity index is 2.44. The highest BCUT2D eigenvalue weighted by Crippen LogP contribution is 2.07. The highest BCUT2D eigenvalue weighted by molar-refractivity contribution is 5.25. The van der Waals surface area contributed by atoms with E-state index in [0.717, 1.165) is 0 Å². The topological polar surface area (TPSA) is 0 Å². The minimum absolute atomic E-state index is 0.691. The minimum atomic E-state index is -1.41. The molecular weight excluding hydrogens is 156 g/mol. The largest absolute Gasteiger partial charge is 0.0622 e. The van der Waals surface area contributed by atoms with Gasteiger partial charge in [-0.05, 0) is 17.5 Å². The zero-order chi connectivity index (χ0) is 10.7. The molecule has 0 radical (unpaired) electrons. The van der Waals surface area contributed by atoms with Gasteiger partial charge in [-0.15, -0.1) is 0 Å². The van der Waals surface area contributed by atoms with Crippen LogP contribution in [0.4, 0.5) is 0 Å². The second-order valence-electron chi connectivity index (χ2n) is 2.86. The Hall–Kier alpha value is -1.56. The second kappa shape index (κ2) is 3.90.